The Balaban J connectivity index is 3.71. The zero-order chi connectivity index (χ0) is 9.40. The van der Waals surface area contributed by atoms with Gasteiger partial charge in [0.2, 0.25) is 0 Å². The molecule has 0 heterocycles. The van der Waals surface area contributed by atoms with E-state index in [9.17, 15) is 4.79 Å². The lowest BCUT2D eigenvalue weighted by atomic mass is 10.1. The minimum absolute atomic E-state index is 0.148. The lowest BCUT2D eigenvalue weighted by molar-refractivity contribution is -0.129. The third-order valence-corrected chi connectivity index (χ3v) is 1.96. The van der Waals surface area contributed by atoms with Gasteiger partial charge in [-0.1, -0.05) is 26.7 Å². The Morgan fingerprint density at radius 2 is 2.00 bits per heavy atom. The van der Waals surface area contributed by atoms with Crippen LogP contribution in [0.1, 0.15) is 46.0 Å². The molecule has 0 bridgehead atoms. The van der Waals surface area contributed by atoms with Crippen LogP contribution in [0.5, 0.6) is 0 Å². The molecular formula is C10H20O2. The zero-order valence-electron chi connectivity index (χ0n) is 8.43. The molecule has 0 aliphatic heterocycles. The first kappa shape index (κ1) is 11.6. The average molecular weight is 172 g/mol. The smallest absolute Gasteiger partial charge is 0.161 e. The van der Waals surface area contributed by atoms with Crippen LogP contribution in [0, 0.1) is 0 Å². The van der Waals surface area contributed by atoms with E-state index in [2.05, 4.69) is 6.92 Å². The second kappa shape index (κ2) is 7.29. The van der Waals surface area contributed by atoms with Gasteiger partial charge in [0.15, 0.2) is 5.78 Å². The van der Waals surface area contributed by atoms with Crippen LogP contribution in [0.15, 0.2) is 0 Å². The Bertz CT molecular complexity index is 121. The maximum absolute atomic E-state index is 11.4. The van der Waals surface area contributed by atoms with E-state index in [4.69, 9.17) is 4.74 Å². The molecule has 0 saturated heterocycles. The van der Waals surface area contributed by atoms with E-state index in [-0.39, 0.29) is 11.9 Å². The molecule has 0 radical (unpaired) electrons. The second-order valence-corrected chi connectivity index (χ2v) is 3.08. The van der Waals surface area contributed by atoms with Gasteiger partial charge in [-0.05, 0) is 12.8 Å². The van der Waals surface area contributed by atoms with Gasteiger partial charge in [-0.15, -0.1) is 0 Å². The van der Waals surface area contributed by atoms with Crippen molar-refractivity contribution in [1.82, 2.24) is 0 Å². The number of hydrogen-bond donors (Lipinski definition) is 0. The first-order valence-electron chi connectivity index (χ1n) is 4.81. The fourth-order valence-corrected chi connectivity index (χ4v) is 1.21. The van der Waals surface area contributed by atoms with E-state index in [0.717, 1.165) is 25.7 Å². The number of Topliss-reactive ketones (excluding diaryl/α,β-unsaturated/α-hetero) is 1. The Kier molecular flexibility index (Phi) is 7.06. The van der Waals surface area contributed by atoms with Gasteiger partial charge in [0.1, 0.15) is 6.10 Å². The van der Waals surface area contributed by atoms with Crippen molar-refractivity contribution in [2.24, 2.45) is 0 Å². The number of carbonyl (C=O) groups excluding carboxylic acids is 1. The van der Waals surface area contributed by atoms with E-state index in [1.165, 1.54) is 0 Å². The number of methoxy groups -OCH3 is 1. The van der Waals surface area contributed by atoms with Gasteiger partial charge < -0.3 is 4.74 Å². The number of rotatable bonds is 7. The first-order valence-corrected chi connectivity index (χ1v) is 4.81. The van der Waals surface area contributed by atoms with Crippen molar-refractivity contribution < 1.29 is 9.53 Å². The van der Waals surface area contributed by atoms with E-state index in [0.29, 0.717) is 6.42 Å². The van der Waals surface area contributed by atoms with Crippen LogP contribution in [0.2, 0.25) is 0 Å². The molecule has 2 heteroatoms. The SMILES string of the molecule is CCCCC(OC)C(=O)CCC. The summed E-state index contributed by atoms with van der Waals surface area (Å²) in [5, 5.41) is 0. The van der Waals surface area contributed by atoms with Crippen molar-refractivity contribution in [3.63, 3.8) is 0 Å². The monoisotopic (exact) mass is 172 g/mol. The van der Waals surface area contributed by atoms with Gasteiger partial charge in [0.05, 0.1) is 0 Å². The van der Waals surface area contributed by atoms with E-state index >= 15 is 0 Å². The van der Waals surface area contributed by atoms with Gasteiger partial charge >= 0.3 is 0 Å². The van der Waals surface area contributed by atoms with Gasteiger partial charge in [0.25, 0.3) is 0 Å². The third-order valence-electron chi connectivity index (χ3n) is 1.96. The van der Waals surface area contributed by atoms with Crippen LogP contribution in [-0.4, -0.2) is 19.0 Å². The van der Waals surface area contributed by atoms with Gasteiger partial charge in [-0.2, -0.15) is 0 Å². The number of ether oxygens (including phenoxy) is 1. The summed E-state index contributed by atoms with van der Waals surface area (Å²) in [4.78, 5) is 11.4. The second-order valence-electron chi connectivity index (χ2n) is 3.08. The minimum atomic E-state index is -0.148. The van der Waals surface area contributed by atoms with Crippen LogP contribution in [0.25, 0.3) is 0 Å². The molecule has 0 aliphatic rings. The largest absolute Gasteiger partial charge is 0.374 e. The van der Waals surface area contributed by atoms with Crippen molar-refractivity contribution in [2.75, 3.05) is 7.11 Å². The molecular weight excluding hydrogens is 152 g/mol. The minimum Gasteiger partial charge on any atom is -0.374 e. The number of ketones is 1. The summed E-state index contributed by atoms with van der Waals surface area (Å²) in [5.41, 5.74) is 0. The Morgan fingerprint density at radius 1 is 1.33 bits per heavy atom. The highest BCUT2D eigenvalue weighted by Crippen LogP contribution is 2.07. The summed E-state index contributed by atoms with van der Waals surface area (Å²) in [7, 11) is 1.62. The lowest BCUT2D eigenvalue weighted by Gasteiger charge is -2.12. The highest BCUT2D eigenvalue weighted by Gasteiger charge is 2.15. The lowest BCUT2D eigenvalue weighted by Crippen LogP contribution is -2.22. The van der Waals surface area contributed by atoms with Crippen LogP contribution in [-0.2, 0) is 9.53 Å². The molecule has 0 spiro atoms. The maximum atomic E-state index is 11.4. The molecule has 0 N–H and O–H groups in total. The predicted octanol–water partition coefficient (Wildman–Crippen LogP) is 2.56. The molecule has 0 fully saturated rings. The van der Waals surface area contributed by atoms with E-state index in [1.807, 2.05) is 6.92 Å². The normalized spacial score (nSPS) is 12.9. The van der Waals surface area contributed by atoms with Crippen molar-refractivity contribution in [3.05, 3.63) is 0 Å². The molecule has 0 saturated carbocycles. The van der Waals surface area contributed by atoms with Crippen molar-refractivity contribution >= 4 is 5.78 Å². The molecule has 1 atom stereocenters. The molecule has 0 rings (SSSR count). The van der Waals surface area contributed by atoms with E-state index in [1.54, 1.807) is 7.11 Å². The summed E-state index contributed by atoms with van der Waals surface area (Å²) in [6.07, 6.45) is 4.51. The molecule has 72 valence electrons. The topological polar surface area (TPSA) is 26.3 Å². The summed E-state index contributed by atoms with van der Waals surface area (Å²) >= 11 is 0. The first-order chi connectivity index (χ1) is 5.76. The molecule has 2 nitrogen and oxygen atoms in total. The van der Waals surface area contributed by atoms with Crippen molar-refractivity contribution in [2.45, 2.75) is 52.1 Å². The summed E-state index contributed by atoms with van der Waals surface area (Å²) in [5.74, 6) is 0.258. The highest BCUT2D eigenvalue weighted by molar-refractivity contribution is 5.82. The van der Waals surface area contributed by atoms with Crippen molar-refractivity contribution in [1.29, 1.82) is 0 Å². The standard InChI is InChI=1S/C10H20O2/c1-4-6-8-10(12-3)9(11)7-5-2/h10H,4-8H2,1-3H3. The van der Waals surface area contributed by atoms with Gasteiger partial charge in [-0.3, -0.25) is 4.79 Å². The van der Waals surface area contributed by atoms with Crippen molar-refractivity contribution in [3.8, 4) is 0 Å². The van der Waals surface area contributed by atoms with Crippen LogP contribution < -0.4 is 0 Å². The molecule has 12 heavy (non-hydrogen) atoms. The maximum Gasteiger partial charge on any atom is 0.161 e. The molecule has 0 aromatic heterocycles. The number of unbranched alkanes of at least 4 members (excludes halogenated alkanes) is 1. The van der Waals surface area contributed by atoms with Crippen LogP contribution in [0.4, 0.5) is 0 Å². The molecule has 1 unspecified atom stereocenters. The third kappa shape index (κ3) is 4.50. The Hall–Kier alpha value is -0.370. The number of carbonyl (C=O) groups is 1. The Morgan fingerprint density at radius 3 is 2.42 bits per heavy atom. The van der Waals surface area contributed by atoms with Crippen LogP contribution >= 0.6 is 0 Å². The fourth-order valence-electron chi connectivity index (χ4n) is 1.21. The molecule has 0 aliphatic carbocycles. The quantitative estimate of drug-likeness (QED) is 0.590. The number of hydrogen-bond acceptors (Lipinski definition) is 2. The molecule has 0 aromatic rings. The molecule has 0 aromatic carbocycles. The summed E-state index contributed by atoms with van der Waals surface area (Å²) < 4.78 is 5.12. The predicted molar refractivity (Wildman–Crippen MR) is 50.2 cm³/mol. The Labute approximate surface area is 75.3 Å². The van der Waals surface area contributed by atoms with Gasteiger partial charge in [-0.25, -0.2) is 0 Å². The van der Waals surface area contributed by atoms with Crippen LogP contribution in [0.3, 0.4) is 0 Å². The average Bonchev–Trinajstić information content (AvgIpc) is 2.06. The van der Waals surface area contributed by atoms with Gasteiger partial charge in [0, 0.05) is 13.5 Å². The summed E-state index contributed by atoms with van der Waals surface area (Å²) in [6, 6.07) is 0. The van der Waals surface area contributed by atoms with E-state index < -0.39 is 0 Å². The fraction of sp³-hybridized carbons (Fsp3) is 0.900. The molecule has 0 amide bonds. The zero-order valence-corrected chi connectivity index (χ0v) is 8.43. The highest BCUT2D eigenvalue weighted by atomic mass is 16.5. The summed E-state index contributed by atoms with van der Waals surface area (Å²) in [6.45, 7) is 4.14.